The lowest BCUT2D eigenvalue weighted by Crippen LogP contribution is -2.40. The Labute approximate surface area is 137 Å². The number of hydrogen-bond acceptors (Lipinski definition) is 3. The summed E-state index contributed by atoms with van der Waals surface area (Å²) in [6.45, 7) is 3.89. The minimum Gasteiger partial charge on any atom is -0.481 e. The summed E-state index contributed by atoms with van der Waals surface area (Å²) < 4.78 is 5.49. The molecule has 1 aromatic carbocycles. The van der Waals surface area contributed by atoms with Gasteiger partial charge in [-0.2, -0.15) is 0 Å². The Hall–Kier alpha value is -1.39. The van der Waals surface area contributed by atoms with E-state index in [1.54, 1.807) is 0 Å². The molecule has 0 radical (unpaired) electrons. The number of carboxylic acid groups (broad SMARTS) is 1. The van der Waals surface area contributed by atoms with Gasteiger partial charge in [-0.15, -0.1) is 0 Å². The quantitative estimate of drug-likeness (QED) is 0.931. The molecule has 0 bridgehead atoms. The minimum atomic E-state index is -0.632. The van der Waals surface area contributed by atoms with Gasteiger partial charge in [-0.05, 0) is 48.8 Å². The summed E-state index contributed by atoms with van der Waals surface area (Å²) in [6, 6.07) is 6.64. The number of rotatable bonds is 3. The molecule has 124 valence electrons. The first-order chi connectivity index (χ1) is 11.2. The summed E-state index contributed by atoms with van der Waals surface area (Å²) in [6.07, 6.45) is 5.40. The van der Waals surface area contributed by atoms with Crippen molar-refractivity contribution < 1.29 is 14.6 Å². The third kappa shape index (κ3) is 2.68. The fourth-order valence-electron chi connectivity index (χ4n) is 4.90. The van der Waals surface area contributed by atoms with Gasteiger partial charge >= 0.3 is 5.97 Å². The van der Waals surface area contributed by atoms with Crippen LogP contribution in [0.25, 0.3) is 0 Å². The second-order valence-electron chi connectivity index (χ2n) is 7.44. The summed E-state index contributed by atoms with van der Waals surface area (Å²) in [5.74, 6) is -0.879. The Morgan fingerprint density at radius 2 is 2.13 bits per heavy atom. The van der Waals surface area contributed by atoms with Crippen LogP contribution in [0.1, 0.15) is 36.0 Å². The molecule has 1 aliphatic carbocycles. The van der Waals surface area contributed by atoms with Crippen molar-refractivity contribution in [3.05, 3.63) is 34.9 Å². The summed E-state index contributed by atoms with van der Waals surface area (Å²) in [4.78, 5) is 14.2. The Bertz CT molecular complexity index is 607. The van der Waals surface area contributed by atoms with Crippen LogP contribution >= 0.6 is 0 Å². The highest BCUT2D eigenvalue weighted by Gasteiger charge is 2.50. The van der Waals surface area contributed by atoms with Crippen LogP contribution in [0.3, 0.4) is 0 Å². The van der Waals surface area contributed by atoms with Crippen LogP contribution in [-0.4, -0.2) is 42.3 Å². The zero-order chi connectivity index (χ0) is 15.9. The number of hydrogen-bond donors (Lipinski definition) is 1. The molecule has 1 N–H and O–H groups in total. The molecule has 1 aromatic rings. The molecule has 2 aliphatic heterocycles. The summed E-state index contributed by atoms with van der Waals surface area (Å²) >= 11 is 0. The maximum Gasteiger partial charge on any atom is 0.308 e. The van der Waals surface area contributed by atoms with Crippen molar-refractivity contribution in [2.75, 3.05) is 26.3 Å². The maximum atomic E-state index is 11.8. The second kappa shape index (κ2) is 5.91. The molecule has 1 spiro atoms. The predicted molar refractivity (Wildman–Crippen MR) is 87.4 cm³/mol. The minimum absolute atomic E-state index is 0.0813. The van der Waals surface area contributed by atoms with Gasteiger partial charge in [0, 0.05) is 38.3 Å². The number of likely N-dealkylation sites (tertiary alicyclic amines) is 1. The van der Waals surface area contributed by atoms with Crippen molar-refractivity contribution in [1.29, 1.82) is 0 Å². The molecule has 2 heterocycles. The number of aliphatic carboxylic acids is 1. The van der Waals surface area contributed by atoms with E-state index >= 15 is 0 Å². The Morgan fingerprint density at radius 1 is 1.30 bits per heavy atom. The molecule has 4 nitrogen and oxygen atoms in total. The average molecular weight is 315 g/mol. The Morgan fingerprint density at radius 3 is 2.91 bits per heavy atom. The van der Waals surface area contributed by atoms with Crippen LogP contribution in [0.4, 0.5) is 0 Å². The lowest BCUT2D eigenvalue weighted by atomic mass is 9.72. The van der Waals surface area contributed by atoms with Crippen LogP contribution < -0.4 is 0 Å². The predicted octanol–water partition coefficient (Wildman–Crippen LogP) is 2.49. The molecule has 0 aromatic heterocycles. The second-order valence-corrected chi connectivity index (χ2v) is 7.44. The molecule has 4 heteroatoms. The van der Waals surface area contributed by atoms with Crippen molar-refractivity contribution in [1.82, 2.24) is 4.90 Å². The van der Waals surface area contributed by atoms with Crippen LogP contribution in [0.15, 0.2) is 18.2 Å². The fourth-order valence-corrected chi connectivity index (χ4v) is 4.90. The van der Waals surface area contributed by atoms with Gasteiger partial charge < -0.3 is 9.84 Å². The number of aryl methyl sites for hydroxylation is 1. The molecular weight excluding hydrogens is 290 g/mol. The standard InChI is InChI=1S/C19H25NO3/c21-18(22)17-12-20(13-19(17)7-9-23-10-8-19)11-15-5-1-3-14-4-2-6-16(14)15/h1,3,5,17H,2,4,6-13H2,(H,21,22). The molecule has 0 saturated carbocycles. The molecule has 2 fully saturated rings. The number of benzene rings is 1. The number of nitrogens with zero attached hydrogens (tertiary/aromatic N) is 1. The molecule has 23 heavy (non-hydrogen) atoms. The molecule has 1 atom stereocenters. The van der Waals surface area contributed by atoms with Gasteiger partial charge in [0.25, 0.3) is 0 Å². The zero-order valence-electron chi connectivity index (χ0n) is 13.6. The van der Waals surface area contributed by atoms with E-state index in [0.29, 0.717) is 19.8 Å². The summed E-state index contributed by atoms with van der Waals surface area (Å²) in [5.41, 5.74) is 4.35. The third-order valence-corrected chi connectivity index (χ3v) is 6.14. The lowest BCUT2D eigenvalue weighted by molar-refractivity contribution is -0.146. The van der Waals surface area contributed by atoms with Crippen molar-refractivity contribution in [2.24, 2.45) is 11.3 Å². The number of carbonyl (C=O) groups is 1. The highest BCUT2D eigenvalue weighted by atomic mass is 16.5. The van der Waals surface area contributed by atoms with Gasteiger partial charge in [0.1, 0.15) is 0 Å². The van der Waals surface area contributed by atoms with E-state index in [9.17, 15) is 9.90 Å². The first-order valence-corrected chi connectivity index (χ1v) is 8.80. The third-order valence-electron chi connectivity index (χ3n) is 6.14. The zero-order valence-corrected chi connectivity index (χ0v) is 13.6. The van der Waals surface area contributed by atoms with Gasteiger partial charge in [-0.25, -0.2) is 0 Å². The van der Waals surface area contributed by atoms with Crippen molar-refractivity contribution in [2.45, 2.75) is 38.6 Å². The van der Waals surface area contributed by atoms with E-state index < -0.39 is 5.97 Å². The van der Waals surface area contributed by atoms with Crippen LogP contribution in [-0.2, 0) is 28.9 Å². The lowest BCUT2D eigenvalue weighted by Gasteiger charge is -2.36. The monoisotopic (exact) mass is 315 g/mol. The number of fused-ring (bicyclic) bond motifs is 1. The van der Waals surface area contributed by atoms with E-state index in [4.69, 9.17) is 4.74 Å². The summed E-state index contributed by atoms with van der Waals surface area (Å²) in [7, 11) is 0. The van der Waals surface area contributed by atoms with Crippen LogP contribution in [0.5, 0.6) is 0 Å². The number of carboxylic acids is 1. The van der Waals surface area contributed by atoms with Gasteiger partial charge in [0.15, 0.2) is 0 Å². The molecule has 1 unspecified atom stereocenters. The molecule has 3 aliphatic rings. The highest BCUT2D eigenvalue weighted by Crippen LogP contribution is 2.45. The smallest absolute Gasteiger partial charge is 0.308 e. The Kier molecular flexibility index (Phi) is 3.90. The van der Waals surface area contributed by atoms with Gasteiger partial charge in [0.05, 0.1) is 5.92 Å². The molecule has 4 rings (SSSR count). The van der Waals surface area contributed by atoms with Crippen molar-refractivity contribution >= 4 is 5.97 Å². The van der Waals surface area contributed by atoms with Crippen LogP contribution in [0, 0.1) is 11.3 Å². The first kappa shape index (κ1) is 15.2. The topological polar surface area (TPSA) is 49.8 Å². The first-order valence-electron chi connectivity index (χ1n) is 8.80. The number of ether oxygens (including phenoxy) is 1. The highest BCUT2D eigenvalue weighted by molar-refractivity contribution is 5.72. The van der Waals surface area contributed by atoms with E-state index in [2.05, 4.69) is 23.1 Å². The van der Waals surface area contributed by atoms with E-state index in [0.717, 1.165) is 25.9 Å². The molecule has 2 saturated heterocycles. The molecule has 0 amide bonds. The Balaban J connectivity index is 1.55. The SMILES string of the molecule is O=C(O)C1CN(Cc2cccc3c2CCC3)CC12CCOCC2. The molecular formula is C19H25NO3. The van der Waals surface area contributed by atoms with Crippen molar-refractivity contribution in [3.8, 4) is 0 Å². The fraction of sp³-hybridized carbons (Fsp3) is 0.632. The maximum absolute atomic E-state index is 11.8. The largest absolute Gasteiger partial charge is 0.481 e. The van der Waals surface area contributed by atoms with Crippen LogP contribution in [0.2, 0.25) is 0 Å². The van der Waals surface area contributed by atoms with Gasteiger partial charge in [-0.1, -0.05) is 18.2 Å². The average Bonchev–Trinajstić information content (AvgIpc) is 3.14. The normalized spacial score (nSPS) is 26.5. The van der Waals surface area contributed by atoms with Gasteiger partial charge in [-0.3, -0.25) is 9.69 Å². The van der Waals surface area contributed by atoms with E-state index in [1.165, 1.54) is 36.0 Å². The van der Waals surface area contributed by atoms with E-state index in [1.807, 2.05) is 0 Å². The van der Waals surface area contributed by atoms with E-state index in [-0.39, 0.29) is 11.3 Å². The van der Waals surface area contributed by atoms with Gasteiger partial charge in [0.2, 0.25) is 0 Å². The van der Waals surface area contributed by atoms with Crippen molar-refractivity contribution in [3.63, 3.8) is 0 Å². The summed E-state index contributed by atoms with van der Waals surface area (Å²) in [5, 5.41) is 9.70.